The highest BCUT2D eigenvalue weighted by Crippen LogP contribution is 2.32. The molecule has 0 aliphatic rings. The standard InChI is InChI=1S/C16H12ClFN2O3S/c1-19-15-16(24(21,22)13-8-4-11(17)5-9-13)20-14(23-15)10-2-6-12(18)7-3-10/h2-9,19H,1H3. The molecule has 0 unspecified atom stereocenters. The van der Waals surface area contributed by atoms with Crippen molar-refractivity contribution in [1.82, 2.24) is 4.98 Å². The van der Waals surface area contributed by atoms with Gasteiger partial charge in [-0.15, -0.1) is 0 Å². The molecule has 1 heterocycles. The number of sulfone groups is 1. The third-order valence-electron chi connectivity index (χ3n) is 3.29. The average Bonchev–Trinajstić information content (AvgIpc) is 3.01. The topological polar surface area (TPSA) is 72.2 Å². The van der Waals surface area contributed by atoms with Gasteiger partial charge < -0.3 is 9.73 Å². The molecule has 24 heavy (non-hydrogen) atoms. The van der Waals surface area contributed by atoms with Crippen LogP contribution in [0, 0.1) is 5.82 Å². The van der Waals surface area contributed by atoms with Crippen LogP contribution in [-0.4, -0.2) is 20.4 Å². The first-order valence-electron chi connectivity index (χ1n) is 6.87. The molecular formula is C16H12ClFN2O3S. The summed E-state index contributed by atoms with van der Waals surface area (Å²) in [5, 5.41) is 2.86. The number of nitrogens with one attached hydrogen (secondary N) is 1. The van der Waals surface area contributed by atoms with Gasteiger partial charge >= 0.3 is 0 Å². The van der Waals surface area contributed by atoms with Crippen LogP contribution >= 0.6 is 11.6 Å². The molecule has 0 saturated carbocycles. The number of benzene rings is 2. The van der Waals surface area contributed by atoms with Crippen LogP contribution in [0.3, 0.4) is 0 Å². The van der Waals surface area contributed by atoms with Gasteiger partial charge in [-0.3, -0.25) is 0 Å². The molecule has 2 aromatic carbocycles. The molecule has 124 valence electrons. The first kappa shape index (κ1) is 16.5. The molecule has 0 aliphatic heterocycles. The number of hydrogen-bond donors (Lipinski definition) is 1. The Morgan fingerprint density at radius 2 is 1.71 bits per heavy atom. The van der Waals surface area contributed by atoms with E-state index in [1.165, 1.54) is 55.6 Å². The minimum Gasteiger partial charge on any atom is -0.419 e. The summed E-state index contributed by atoms with van der Waals surface area (Å²) in [6, 6.07) is 11.1. The lowest BCUT2D eigenvalue weighted by Gasteiger charge is -2.02. The predicted molar refractivity (Wildman–Crippen MR) is 88.3 cm³/mol. The highest BCUT2D eigenvalue weighted by Gasteiger charge is 2.28. The summed E-state index contributed by atoms with van der Waals surface area (Å²) in [5.74, 6) is -0.329. The van der Waals surface area contributed by atoms with E-state index in [1.54, 1.807) is 0 Å². The molecule has 1 N–H and O–H groups in total. The van der Waals surface area contributed by atoms with E-state index in [0.717, 1.165) is 0 Å². The Labute approximate surface area is 143 Å². The Hall–Kier alpha value is -2.38. The molecule has 0 spiro atoms. The van der Waals surface area contributed by atoms with Crippen molar-refractivity contribution in [3.8, 4) is 11.5 Å². The van der Waals surface area contributed by atoms with Gasteiger partial charge in [0.15, 0.2) is 0 Å². The SMILES string of the molecule is CNc1oc(-c2ccc(F)cc2)nc1S(=O)(=O)c1ccc(Cl)cc1. The van der Waals surface area contributed by atoms with Crippen molar-refractivity contribution >= 4 is 27.3 Å². The Kier molecular flexibility index (Phi) is 4.29. The Morgan fingerprint density at radius 1 is 1.08 bits per heavy atom. The molecule has 8 heteroatoms. The van der Waals surface area contributed by atoms with E-state index in [9.17, 15) is 12.8 Å². The quantitative estimate of drug-likeness (QED) is 0.755. The van der Waals surface area contributed by atoms with Crippen LogP contribution in [0.2, 0.25) is 5.02 Å². The lowest BCUT2D eigenvalue weighted by atomic mass is 10.2. The van der Waals surface area contributed by atoms with Gasteiger partial charge in [0.25, 0.3) is 0 Å². The van der Waals surface area contributed by atoms with E-state index in [1.807, 2.05) is 0 Å². The van der Waals surface area contributed by atoms with Crippen LogP contribution in [0.15, 0.2) is 62.9 Å². The molecule has 0 amide bonds. The second kappa shape index (κ2) is 6.26. The fourth-order valence-corrected chi connectivity index (χ4v) is 3.52. The first-order chi connectivity index (χ1) is 11.4. The fraction of sp³-hybridized carbons (Fsp3) is 0.0625. The zero-order valence-corrected chi connectivity index (χ0v) is 14.0. The van der Waals surface area contributed by atoms with Gasteiger partial charge in [0.1, 0.15) is 5.82 Å². The molecule has 0 radical (unpaired) electrons. The fourth-order valence-electron chi connectivity index (χ4n) is 2.09. The van der Waals surface area contributed by atoms with Gasteiger partial charge in [-0.25, -0.2) is 12.8 Å². The van der Waals surface area contributed by atoms with Gasteiger partial charge in [0.2, 0.25) is 26.6 Å². The molecule has 0 fully saturated rings. The molecule has 3 aromatic rings. The maximum absolute atomic E-state index is 13.0. The molecule has 1 aromatic heterocycles. The number of nitrogens with zero attached hydrogens (tertiary/aromatic N) is 1. The first-order valence-corrected chi connectivity index (χ1v) is 8.73. The number of anilines is 1. The van der Waals surface area contributed by atoms with Gasteiger partial charge in [-0.1, -0.05) is 11.6 Å². The maximum atomic E-state index is 13.0. The van der Waals surface area contributed by atoms with Crippen LogP contribution in [0.1, 0.15) is 0 Å². The minimum absolute atomic E-state index is 0.00396. The smallest absolute Gasteiger partial charge is 0.233 e. The van der Waals surface area contributed by atoms with E-state index in [-0.39, 0.29) is 21.7 Å². The van der Waals surface area contributed by atoms with E-state index >= 15 is 0 Å². The highest BCUT2D eigenvalue weighted by atomic mass is 35.5. The van der Waals surface area contributed by atoms with Gasteiger partial charge in [0.05, 0.1) is 4.90 Å². The summed E-state index contributed by atoms with van der Waals surface area (Å²) in [4.78, 5) is 4.12. The van der Waals surface area contributed by atoms with Gasteiger partial charge in [0, 0.05) is 17.6 Å². The van der Waals surface area contributed by atoms with Crippen molar-refractivity contribution in [3.63, 3.8) is 0 Å². The van der Waals surface area contributed by atoms with E-state index < -0.39 is 15.7 Å². The molecule has 0 saturated heterocycles. The Balaban J connectivity index is 2.10. The number of rotatable bonds is 4. The largest absolute Gasteiger partial charge is 0.419 e. The van der Waals surface area contributed by atoms with E-state index in [0.29, 0.717) is 10.6 Å². The third kappa shape index (κ3) is 3.00. The molecule has 3 rings (SSSR count). The average molecular weight is 367 g/mol. The number of hydrogen-bond acceptors (Lipinski definition) is 5. The summed E-state index contributed by atoms with van der Waals surface area (Å²) >= 11 is 5.79. The van der Waals surface area contributed by atoms with Crippen molar-refractivity contribution in [2.24, 2.45) is 0 Å². The molecular weight excluding hydrogens is 355 g/mol. The van der Waals surface area contributed by atoms with E-state index in [4.69, 9.17) is 16.0 Å². The highest BCUT2D eigenvalue weighted by molar-refractivity contribution is 7.91. The Morgan fingerprint density at radius 3 is 2.29 bits per heavy atom. The van der Waals surface area contributed by atoms with Crippen molar-refractivity contribution < 1.29 is 17.2 Å². The summed E-state index contributed by atoms with van der Waals surface area (Å²) in [6.45, 7) is 0. The summed E-state index contributed by atoms with van der Waals surface area (Å²) in [5.41, 5.74) is 0.463. The monoisotopic (exact) mass is 366 g/mol. The Bertz CT molecular complexity index is 968. The summed E-state index contributed by atoms with van der Waals surface area (Å²) < 4.78 is 44.0. The number of oxazole rings is 1. The molecule has 0 bridgehead atoms. The zero-order valence-electron chi connectivity index (χ0n) is 12.5. The van der Waals surface area contributed by atoms with Crippen molar-refractivity contribution in [3.05, 3.63) is 59.4 Å². The van der Waals surface area contributed by atoms with Crippen molar-refractivity contribution in [2.75, 3.05) is 12.4 Å². The minimum atomic E-state index is -3.89. The maximum Gasteiger partial charge on any atom is 0.233 e. The molecule has 0 aliphatic carbocycles. The van der Waals surface area contributed by atoms with Crippen LogP contribution in [0.4, 0.5) is 10.3 Å². The van der Waals surface area contributed by atoms with Crippen LogP contribution in [-0.2, 0) is 9.84 Å². The zero-order chi connectivity index (χ0) is 17.3. The van der Waals surface area contributed by atoms with Crippen LogP contribution in [0.25, 0.3) is 11.5 Å². The van der Waals surface area contributed by atoms with Crippen molar-refractivity contribution in [1.29, 1.82) is 0 Å². The van der Waals surface area contributed by atoms with Gasteiger partial charge in [-0.05, 0) is 48.5 Å². The van der Waals surface area contributed by atoms with Gasteiger partial charge in [-0.2, -0.15) is 4.98 Å². The predicted octanol–water partition coefficient (Wildman–Crippen LogP) is 4.01. The van der Waals surface area contributed by atoms with Crippen molar-refractivity contribution in [2.45, 2.75) is 9.92 Å². The molecule has 0 atom stereocenters. The lowest BCUT2D eigenvalue weighted by Crippen LogP contribution is -2.05. The molecule has 5 nitrogen and oxygen atoms in total. The normalized spacial score (nSPS) is 11.5. The van der Waals surface area contributed by atoms with Crippen LogP contribution in [0.5, 0.6) is 0 Å². The second-order valence-corrected chi connectivity index (χ2v) is 7.17. The lowest BCUT2D eigenvalue weighted by molar-refractivity contribution is 0.580. The van der Waals surface area contributed by atoms with Crippen LogP contribution < -0.4 is 5.32 Å². The number of halogens is 2. The summed E-state index contributed by atoms with van der Waals surface area (Å²) in [7, 11) is -2.37. The summed E-state index contributed by atoms with van der Waals surface area (Å²) in [6.07, 6.45) is 0. The van der Waals surface area contributed by atoms with E-state index in [2.05, 4.69) is 10.3 Å². The number of aromatic nitrogens is 1. The third-order valence-corrected chi connectivity index (χ3v) is 5.22. The second-order valence-electron chi connectivity index (χ2n) is 4.87.